The normalized spacial score (nSPS) is 11.8. The first-order valence-electron chi connectivity index (χ1n) is 9.64. The lowest BCUT2D eigenvalue weighted by molar-refractivity contribution is -0.151. The van der Waals surface area contributed by atoms with Crippen molar-refractivity contribution in [2.75, 3.05) is 5.75 Å². The van der Waals surface area contributed by atoms with E-state index in [1.165, 1.54) is 28.7 Å². The van der Waals surface area contributed by atoms with Crippen LogP contribution < -0.4 is 5.56 Å². The highest BCUT2D eigenvalue weighted by Gasteiger charge is 2.19. The van der Waals surface area contributed by atoms with Crippen molar-refractivity contribution >= 4 is 39.3 Å². The van der Waals surface area contributed by atoms with E-state index in [2.05, 4.69) is 24.3 Å². The maximum Gasteiger partial charge on any atom is 0.316 e. The Bertz CT molecular complexity index is 1080. The first-order chi connectivity index (χ1) is 13.7. The molecule has 0 bridgehead atoms. The number of carbonyl (C=O) groups is 1. The van der Waals surface area contributed by atoms with Gasteiger partial charge in [-0.3, -0.25) is 14.2 Å². The smallest absolute Gasteiger partial charge is 0.316 e. The maximum absolute atomic E-state index is 13.1. The van der Waals surface area contributed by atoms with E-state index in [0.717, 1.165) is 16.9 Å². The van der Waals surface area contributed by atoms with Crippen LogP contribution in [0.4, 0.5) is 0 Å². The lowest BCUT2D eigenvalue weighted by Gasteiger charge is -2.19. The topological polar surface area (TPSA) is 61.2 Å². The standard InChI is InChI=1S/C22H26N2O3S2/c1-6-11-24-20(26)19-16(12-17(29-19)15-9-7-14(2)8-10-15)23-21(24)28-13-18(25)27-22(3,4)5/h7-10,12H,6,11,13H2,1-5H3. The largest absolute Gasteiger partial charge is 0.459 e. The van der Waals surface area contributed by atoms with Crippen LogP contribution in [0.25, 0.3) is 20.7 Å². The summed E-state index contributed by atoms with van der Waals surface area (Å²) in [6.07, 6.45) is 0.809. The van der Waals surface area contributed by atoms with E-state index < -0.39 is 5.60 Å². The van der Waals surface area contributed by atoms with E-state index in [4.69, 9.17) is 9.72 Å². The summed E-state index contributed by atoms with van der Waals surface area (Å²) in [5, 5.41) is 0.559. The number of carbonyl (C=O) groups excluding carboxylic acids is 1. The number of fused-ring (bicyclic) bond motifs is 1. The van der Waals surface area contributed by atoms with Crippen molar-refractivity contribution in [2.24, 2.45) is 0 Å². The molecule has 0 spiro atoms. The molecular formula is C22H26N2O3S2. The minimum absolute atomic E-state index is 0.0492. The van der Waals surface area contributed by atoms with Gasteiger partial charge in [-0.25, -0.2) is 4.98 Å². The lowest BCUT2D eigenvalue weighted by Crippen LogP contribution is -2.26. The lowest BCUT2D eigenvalue weighted by atomic mass is 10.1. The average molecular weight is 431 g/mol. The summed E-state index contributed by atoms with van der Waals surface area (Å²) in [6.45, 7) is 10.1. The third-order valence-electron chi connectivity index (χ3n) is 4.12. The number of thiophene rings is 1. The Kier molecular flexibility index (Phi) is 6.49. The molecule has 5 nitrogen and oxygen atoms in total. The molecule has 0 radical (unpaired) electrons. The van der Waals surface area contributed by atoms with Crippen LogP contribution in [-0.4, -0.2) is 26.9 Å². The van der Waals surface area contributed by atoms with Crippen molar-refractivity contribution in [3.05, 3.63) is 46.2 Å². The molecule has 0 amide bonds. The zero-order chi connectivity index (χ0) is 21.2. The summed E-state index contributed by atoms with van der Waals surface area (Å²) in [5.41, 5.74) is 2.36. The first kappa shape index (κ1) is 21.6. The van der Waals surface area contributed by atoms with Gasteiger partial charge in [-0.1, -0.05) is 48.5 Å². The molecule has 29 heavy (non-hydrogen) atoms. The van der Waals surface area contributed by atoms with Gasteiger partial charge in [0, 0.05) is 11.4 Å². The van der Waals surface area contributed by atoms with Gasteiger partial charge in [0.15, 0.2) is 5.16 Å². The Hall–Kier alpha value is -2.12. The van der Waals surface area contributed by atoms with Crippen LogP contribution in [0, 0.1) is 6.92 Å². The number of aryl methyl sites for hydroxylation is 1. The number of hydrogen-bond acceptors (Lipinski definition) is 6. The monoisotopic (exact) mass is 430 g/mol. The fraction of sp³-hybridized carbons (Fsp3) is 0.409. The quantitative estimate of drug-likeness (QED) is 0.303. The van der Waals surface area contributed by atoms with Crippen molar-refractivity contribution in [1.82, 2.24) is 9.55 Å². The Labute approximate surface area is 179 Å². The Balaban J connectivity index is 1.96. The van der Waals surface area contributed by atoms with Crippen molar-refractivity contribution in [2.45, 2.75) is 58.3 Å². The SMILES string of the molecule is CCCn1c(SCC(=O)OC(C)(C)C)nc2cc(-c3ccc(C)cc3)sc2c1=O. The van der Waals surface area contributed by atoms with Crippen LogP contribution in [0.1, 0.15) is 39.7 Å². The van der Waals surface area contributed by atoms with Gasteiger partial charge in [0.25, 0.3) is 5.56 Å². The molecule has 3 aromatic rings. The summed E-state index contributed by atoms with van der Waals surface area (Å²) in [7, 11) is 0. The van der Waals surface area contributed by atoms with Gasteiger partial charge >= 0.3 is 5.97 Å². The van der Waals surface area contributed by atoms with Crippen LogP contribution in [-0.2, 0) is 16.1 Å². The number of hydrogen-bond donors (Lipinski definition) is 0. The van der Waals surface area contributed by atoms with Crippen LogP contribution >= 0.6 is 23.1 Å². The van der Waals surface area contributed by atoms with E-state index in [1.807, 2.05) is 40.7 Å². The Morgan fingerprint density at radius 3 is 2.55 bits per heavy atom. The summed E-state index contributed by atoms with van der Waals surface area (Å²) in [6, 6.07) is 10.2. The zero-order valence-corrected chi connectivity index (χ0v) is 19.1. The molecule has 0 N–H and O–H groups in total. The molecule has 0 atom stereocenters. The third kappa shape index (κ3) is 5.28. The first-order valence-corrected chi connectivity index (χ1v) is 11.4. The fourth-order valence-electron chi connectivity index (χ4n) is 2.88. The van der Waals surface area contributed by atoms with E-state index in [0.29, 0.717) is 21.9 Å². The molecule has 154 valence electrons. The molecule has 2 heterocycles. The highest BCUT2D eigenvalue weighted by atomic mass is 32.2. The number of ether oxygens (including phenoxy) is 1. The molecule has 0 aliphatic rings. The summed E-state index contributed by atoms with van der Waals surface area (Å²) in [4.78, 5) is 31.0. The molecule has 7 heteroatoms. The molecule has 0 aliphatic carbocycles. The van der Waals surface area contributed by atoms with Crippen molar-refractivity contribution in [3.8, 4) is 10.4 Å². The van der Waals surface area contributed by atoms with Crippen molar-refractivity contribution < 1.29 is 9.53 Å². The van der Waals surface area contributed by atoms with Crippen LogP contribution in [0.3, 0.4) is 0 Å². The van der Waals surface area contributed by atoms with Crippen LogP contribution in [0.2, 0.25) is 0 Å². The number of aromatic nitrogens is 2. The summed E-state index contributed by atoms with van der Waals surface area (Å²) in [5.74, 6) is -0.195. The van der Waals surface area contributed by atoms with Crippen LogP contribution in [0.5, 0.6) is 0 Å². The minimum Gasteiger partial charge on any atom is -0.459 e. The molecule has 0 saturated heterocycles. The third-order valence-corrected chi connectivity index (χ3v) is 6.23. The number of benzene rings is 1. The van der Waals surface area contributed by atoms with Gasteiger partial charge in [-0.05, 0) is 45.7 Å². The van der Waals surface area contributed by atoms with E-state index >= 15 is 0 Å². The molecule has 0 unspecified atom stereocenters. The molecule has 1 aromatic carbocycles. The Morgan fingerprint density at radius 1 is 1.24 bits per heavy atom. The van der Waals surface area contributed by atoms with Gasteiger partial charge in [0.05, 0.1) is 11.3 Å². The molecular weight excluding hydrogens is 404 g/mol. The second-order valence-electron chi connectivity index (χ2n) is 7.92. The van der Waals surface area contributed by atoms with Gasteiger partial charge in [0.1, 0.15) is 10.3 Å². The summed E-state index contributed by atoms with van der Waals surface area (Å²) >= 11 is 2.72. The predicted molar refractivity (Wildman–Crippen MR) is 121 cm³/mol. The number of rotatable bonds is 6. The maximum atomic E-state index is 13.1. The molecule has 3 rings (SSSR count). The van der Waals surface area contributed by atoms with Crippen molar-refractivity contribution in [1.29, 1.82) is 0 Å². The van der Waals surface area contributed by atoms with E-state index in [1.54, 1.807) is 4.57 Å². The second-order valence-corrected chi connectivity index (χ2v) is 9.91. The summed E-state index contributed by atoms with van der Waals surface area (Å²) < 4.78 is 7.70. The Morgan fingerprint density at radius 2 is 1.93 bits per heavy atom. The van der Waals surface area contributed by atoms with Crippen LogP contribution in [0.15, 0.2) is 40.3 Å². The minimum atomic E-state index is -0.533. The molecule has 2 aromatic heterocycles. The van der Waals surface area contributed by atoms with Gasteiger partial charge < -0.3 is 4.74 Å². The van der Waals surface area contributed by atoms with Gasteiger partial charge in [-0.2, -0.15) is 0 Å². The zero-order valence-electron chi connectivity index (χ0n) is 17.4. The highest BCUT2D eigenvalue weighted by Crippen LogP contribution is 2.32. The predicted octanol–water partition coefficient (Wildman–Crippen LogP) is 5.28. The molecule has 0 aliphatic heterocycles. The van der Waals surface area contributed by atoms with Gasteiger partial charge in [-0.15, -0.1) is 11.3 Å². The molecule has 0 saturated carbocycles. The number of thioether (sulfide) groups is 1. The fourth-order valence-corrected chi connectivity index (χ4v) is 4.73. The highest BCUT2D eigenvalue weighted by molar-refractivity contribution is 7.99. The van der Waals surface area contributed by atoms with Gasteiger partial charge in [0.2, 0.25) is 0 Å². The average Bonchev–Trinajstić information content (AvgIpc) is 3.06. The van der Waals surface area contributed by atoms with E-state index in [9.17, 15) is 9.59 Å². The number of esters is 1. The molecule has 0 fully saturated rings. The van der Waals surface area contributed by atoms with E-state index in [-0.39, 0.29) is 17.3 Å². The van der Waals surface area contributed by atoms with Crippen molar-refractivity contribution in [3.63, 3.8) is 0 Å². The number of nitrogens with zero attached hydrogens (tertiary/aromatic N) is 2. The second kappa shape index (κ2) is 8.71.